The van der Waals surface area contributed by atoms with Gasteiger partial charge in [-0.15, -0.1) is 0 Å². The summed E-state index contributed by atoms with van der Waals surface area (Å²) in [5.41, 5.74) is 4.98. The number of likely N-dealkylation sites (N-methyl/N-ethyl adjacent to an activating group) is 3. The molecule has 2 amide bonds. The average molecular weight is 446 g/mol. The van der Waals surface area contributed by atoms with Gasteiger partial charge in [0.2, 0.25) is 0 Å². The van der Waals surface area contributed by atoms with Crippen molar-refractivity contribution in [1.82, 2.24) is 15.5 Å². The lowest BCUT2D eigenvalue weighted by Gasteiger charge is -2.30. The third-order valence-electron chi connectivity index (χ3n) is 5.46. The highest BCUT2D eigenvalue weighted by molar-refractivity contribution is 6.05. The van der Waals surface area contributed by atoms with Gasteiger partial charge in [0.25, 0.3) is 11.8 Å². The Bertz CT molecular complexity index is 996. The van der Waals surface area contributed by atoms with Crippen LogP contribution in [-0.4, -0.2) is 43.9 Å². The molecular formula is C28H35N3O2. The summed E-state index contributed by atoms with van der Waals surface area (Å²) in [6.07, 6.45) is 6.28. The first-order chi connectivity index (χ1) is 15.9. The van der Waals surface area contributed by atoms with Crippen molar-refractivity contribution >= 4 is 17.5 Å². The standard InChI is InChI=1S/C28H35N3O2/c1-6-8-10-21-11-13-22(14-12-21)15-16-23-17-19-24(20-18-23)25(9-7-2)31(5)26(27(32)29-3)28(33)30-4/h9,11-14,17-20,26H,6-8,10H2,1-5H3,(H,29,32)(H,30,33). The molecule has 0 aliphatic rings. The minimum Gasteiger partial charge on any atom is -0.357 e. The van der Waals surface area contributed by atoms with Crippen molar-refractivity contribution in [2.75, 3.05) is 21.1 Å². The fraction of sp³-hybridized carbons (Fsp3) is 0.357. The second-order valence-electron chi connectivity index (χ2n) is 7.87. The van der Waals surface area contributed by atoms with Gasteiger partial charge in [-0.3, -0.25) is 9.59 Å². The number of carbonyl (C=O) groups is 2. The number of nitrogens with one attached hydrogen (secondary N) is 2. The number of amides is 2. The molecule has 0 fully saturated rings. The maximum atomic E-state index is 12.4. The Hall–Kier alpha value is -3.52. The maximum absolute atomic E-state index is 12.4. The first-order valence-corrected chi connectivity index (χ1v) is 11.5. The molecule has 2 N–H and O–H groups in total. The summed E-state index contributed by atoms with van der Waals surface area (Å²) in [7, 11) is 4.82. The second-order valence-corrected chi connectivity index (χ2v) is 7.87. The molecular weight excluding hydrogens is 410 g/mol. The van der Waals surface area contributed by atoms with Gasteiger partial charge in [-0.2, -0.15) is 0 Å². The van der Waals surface area contributed by atoms with Crippen LogP contribution < -0.4 is 10.6 Å². The molecule has 0 bridgehead atoms. The Morgan fingerprint density at radius 3 is 1.88 bits per heavy atom. The lowest BCUT2D eigenvalue weighted by molar-refractivity contribution is -0.134. The molecule has 0 heterocycles. The van der Waals surface area contributed by atoms with Crippen LogP contribution in [0.4, 0.5) is 0 Å². The minimum absolute atomic E-state index is 0.359. The van der Waals surface area contributed by atoms with E-state index in [0.717, 1.165) is 35.2 Å². The summed E-state index contributed by atoms with van der Waals surface area (Å²) in [5.74, 6) is 5.72. The molecule has 0 aliphatic carbocycles. The Morgan fingerprint density at radius 2 is 1.42 bits per heavy atom. The van der Waals surface area contributed by atoms with Gasteiger partial charge in [0.15, 0.2) is 6.04 Å². The van der Waals surface area contributed by atoms with Gasteiger partial charge >= 0.3 is 0 Å². The van der Waals surface area contributed by atoms with E-state index in [-0.39, 0.29) is 11.8 Å². The van der Waals surface area contributed by atoms with Crippen molar-refractivity contribution in [3.63, 3.8) is 0 Å². The highest BCUT2D eigenvalue weighted by Gasteiger charge is 2.30. The molecule has 2 rings (SSSR count). The monoisotopic (exact) mass is 445 g/mol. The van der Waals surface area contributed by atoms with E-state index in [9.17, 15) is 9.59 Å². The summed E-state index contributed by atoms with van der Waals surface area (Å²) in [5, 5.41) is 5.15. The number of nitrogens with zero attached hydrogens (tertiary/aromatic N) is 1. The predicted octanol–water partition coefficient (Wildman–Crippen LogP) is 3.97. The fourth-order valence-electron chi connectivity index (χ4n) is 3.55. The molecule has 2 aromatic carbocycles. The van der Waals surface area contributed by atoms with E-state index in [2.05, 4.69) is 53.7 Å². The molecule has 0 unspecified atom stereocenters. The topological polar surface area (TPSA) is 61.4 Å². The van der Waals surface area contributed by atoms with Crippen LogP contribution in [0.1, 0.15) is 55.4 Å². The van der Waals surface area contributed by atoms with Gasteiger partial charge in [0, 0.05) is 38.0 Å². The fourth-order valence-corrected chi connectivity index (χ4v) is 3.55. The summed E-state index contributed by atoms with van der Waals surface area (Å²) >= 11 is 0. The van der Waals surface area contributed by atoms with Crippen molar-refractivity contribution < 1.29 is 9.59 Å². The number of hydrogen-bond acceptors (Lipinski definition) is 3. The zero-order valence-electron chi connectivity index (χ0n) is 20.4. The van der Waals surface area contributed by atoms with Crippen LogP contribution in [0.25, 0.3) is 5.70 Å². The van der Waals surface area contributed by atoms with Crippen LogP contribution in [0.5, 0.6) is 0 Å². The third-order valence-corrected chi connectivity index (χ3v) is 5.46. The molecule has 0 saturated carbocycles. The van der Waals surface area contributed by atoms with Crippen molar-refractivity contribution in [3.05, 3.63) is 76.9 Å². The van der Waals surface area contributed by atoms with Crippen molar-refractivity contribution in [2.45, 2.75) is 45.6 Å². The number of allylic oxidation sites excluding steroid dienone is 1. The van der Waals surface area contributed by atoms with Crippen LogP contribution in [0, 0.1) is 11.8 Å². The molecule has 0 spiro atoms. The van der Waals surface area contributed by atoms with Gasteiger partial charge in [-0.1, -0.05) is 62.5 Å². The number of aryl methyl sites for hydroxylation is 1. The normalized spacial score (nSPS) is 10.9. The van der Waals surface area contributed by atoms with Gasteiger partial charge in [-0.05, 0) is 54.7 Å². The Labute approximate surface area is 198 Å². The summed E-state index contributed by atoms with van der Waals surface area (Å²) in [6.45, 7) is 4.22. The smallest absolute Gasteiger partial charge is 0.252 e. The van der Waals surface area contributed by atoms with E-state index >= 15 is 0 Å². The molecule has 5 nitrogen and oxygen atoms in total. The highest BCUT2D eigenvalue weighted by atomic mass is 16.2. The predicted molar refractivity (Wildman–Crippen MR) is 135 cm³/mol. The zero-order chi connectivity index (χ0) is 24.2. The first-order valence-electron chi connectivity index (χ1n) is 11.5. The Balaban J connectivity index is 2.22. The second kappa shape index (κ2) is 13.1. The molecule has 5 heteroatoms. The number of hydrogen-bond donors (Lipinski definition) is 2. The minimum atomic E-state index is -0.961. The van der Waals surface area contributed by atoms with Crippen LogP contribution in [0.3, 0.4) is 0 Å². The third kappa shape index (κ3) is 7.25. The molecule has 0 atom stereocenters. The van der Waals surface area contributed by atoms with Crippen LogP contribution in [0.15, 0.2) is 54.6 Å². The van der Waals surface area contributed by atoms with Crippen molar-refractivity contribution in [1.29, 1.82) is 0 Å². The number of rotatable bonds is 9. The Kier molecular flexibility index (Phi) is 10.2. The van der Waals surface area contributed by atoms with Gasteiger partial charge in [0.1, 0.15) is 0 Å². The summed E-state index contributed by atoms with van der Waals surface area (Å²) in [4.78, 5) is 26.5. The SMILES string of the molecule is CCC=C(c1ccc(C#Cc2ccc(CCCC)cc2)cc1)N(C)C(C(=O)NC)C(=O)NC. The van der Waals surface area contributed by atoms with Crippen molar-refractivity contribution in [2.24, 2.45) is 0 Å². The van der Waals surface area contributed by atoms with Crippen LogP contribution in [0.2, 0.25) is 0 Å². The number of carbonyl (C=O) groups excluding carboxylic acids is 2. The molecule has 0 radical (unpaired) electrons. The van der Waals surface area contributed by atoms with Crippen LogP contribution in [-0.2, 0) is 16.0 Å². The zero-order valence-corrected chi connectivity index (χ0v) is 20.4. The van der Waals surface area contributed by atoms with Gasteiger partial charge < -0.3 is 15.5 Å². The van der Waals surface area contributed by atoms with Gasteiger partial charge in [-0.25, -0.2) is 0 Å². The van der Waals surface area contributed by atoms with E-state index < -0.39 is 6.04 Å². The quantitative estimate of drug-likeness (QED) is 0.454. The van der Waals surface area contributed by atoms with E-state index in [1.165, 1.54) is 32.5 Å². The average Bonchev–Trinajstić information content (AvgIpc) is 2.85. The van der Waals surface area contributed by atoms with Gasteiger partial charge in [0.05, 0.1) is 0 Å². The molecule has 2 aromatic rings. The first kappa shape index (κ1) is 25.7. The van der Waals surface area contributed by atoms with Crippen LogP contribution >= 0.6 is 0 Å². The lowest BCUT2D eigenvalue weighted by atomic mass is 10.0. The number of unbranched alkanes of at least 4 members (excludes halogenated alkanes) is 1. The molecule has 0 saturated heterocycles. The molecule has 174 valence electrons. The lowest BCUT2D eigenvalue weighted by Crippen LogP contribution is -2.52. The largest absolute Gasteiger partial charge is 0.357 e. The van der Waals surface area contributed by atoms with Crippen molar-refractivity contribution in [3.8, 4) is 11.8 Å². The molecule has 0 aliphatic heterocycles. The number of benzene rings is 2. The van der Waals surface area contributed by atoms with E-state index in [1.807, 2.05) is 37.3 Å². The Morgan fingerprint density at radius 1 is 0.909 bits per heavy atom. The molecule has 0 aromatic heterocycles. The highest BCUT2D eigenvalue weighted by Crippen LogP contribution is 2.22. The van der Waals surface area contributed by atoms with E-state index in [4.69, 9.17) is 0 Å². The molecule has 33 heavy (non-hydrogen) atoms. The summed E-state index contributed by atoms with van der Waals surface area (Å²) < 4.78 is 0. The maximum Gasteiger partial charge on any atom is 0.252 e. The summed E-state index contributed by atoms with van der Waals surface area (Å²) in [6, 6.07) is 15.3. The van der Waals surface area contributed by atoms with E-state index in [1.54, 1.807) is 11.9 Å². The van der Waals surface area contributed by atoms with E-state index in [0.29, 0.717) is 0 Å².